The lowest BCUT2D eigenvalue weighted by molar-refractivity contribution is 0.0995. The van der Waals surface area contributed by atoms with Gasteiger partial charge >= 0.3 is 0 Å². The number of methoxy groups -OCH3 is 1. The number of amides is 1. The van der Waals surface area contributed by atoms with E-state index < -0.39 is 0 Å². The minimum atomic E-state index is -0.0197. The van der Waals surface area contributed by atoms with E-state index in [4.69, 9.17) is 4.74 Å². The van der Waals surface area contributed by atoms with Crippen molar-refractivity contribution in [3.63, 3.8) is 0 Å². The second kappa shape index (κ2) is 5.20. The summed E-state index contributed by atoms with van der Waals surface area (Å²) in [6.07, 6.45) is 1.84. The molecule has 108 valence electrons. The monoisotopic (exact) mass is 282 g/mol. The third kappa shape index (κ3) is 2.37. The van der Waals surface area contributed by atoms with Gasteiger partial charge in [0.25, 0.3) is 5.91 Å². The van der Waals surface area contributed by atoms with Crippen molar-refractivity contribution < 1.29 is 9.53 Å². The normalized spacial score (nSPS) is 13.7. The number of hydrogen-bond acceptors (Lipinski definition) is 3. The van der Waals surface area contributed by atoms with E-state index in [0.29, 0.717) is 29.6 Å². The topological polar surface area (TPSA) is 42.4 Å². The lowest BCUT2D eigenvalue weighted by atomic mass is 10.1. The number of benzene rings is 1. The molecule has 0 aliphatic carbocycles. The lowest BCUT2D eigenvalue weighted by Crippen LogP contribution is -2.24. The largest absolute Gasteiger partial charge is 0.497 e. The van der Waals surface area contributed by atoms with Gasteiger partial charge in [0.05, 0.1) is 13.7 Å². The molecule has 3 rings (SSSR count). The van der Waals surface area contributed by atoms with Gasteiger partial charge in [-0.05, 0) is 35.2 Å². The quantitative estimate of drug-likeness (QED) is 0.866. The smallest absolute Gasteiger partial charge is 0.260 e. The Kier molecular flexibility index (Phi) is 3.37. The van der Waals surface area contributed by atoms with E-state index >= 15 is 0 Å². The molecule has 0 fully saturated rings. The predicted octanol–water partition coefficient (Wildman–Crippen LogP) is 3.37. The van der Waals surface area contributed by atoms with Gasteiger partial charge in [0.2, 0.25) is 0 Å². The standard InChI is InChI=1S/C17H18N2O2/c1-11(2)12-5-7-16(18-9-12)19-10-13-4-6-14(21-3)8-15(13)17(19)20/h4-9,11H,10H2,1-3H3. The van der Waals surface area contributed by atoms with Crippen molar-refractivity contribution >= 4 is 11.7 Å². The minimum absolute atomic E-state index is 0.0197. The summed E-state index contributed by atoms with van der Waals surface area (Å²) in [5, 5.41) is 0. The second-order valence-electron chi connectivity index (χ2n) is 5.52. The Labute approximate surface area is 124 Å². The van der Waals surface area contributed by atoms with E-state index in [2.05, 4.69) is 18.8 Å². The zero-order valence-electron chi connectivity index (χ0n) is 12.5. The Hall–Kier alpha value is -2.36. The third-order valence-electron chi connectivity index (χ3n) is 3.84. The number of carbonyl (C=O) groups is 1. The summed E-state index contributed by atoms with van der Waals surface area (Å²) in [4.78, 5) is 18.6. The van der Waals surface area contributed by atoms with Crippen LogP contribution in [-0.4, -0.2) is 18.0 Å². The summed E-state index contributed by atoms with van der Waals surface area (Å²) in [6, 6.07) is 9.56. The average molecular weight is 282 g/mol. The van der Waals surface area contributed by atoms with Gasteiger partial charge in [-0.15, -0.1) is 0 Å². The SMILES string of the molecule is COc1ccc2c(c1)C(=O)N(c1ccc(C(C)C)cn1)C2. The van der Waals surface area contributed by atoms with Crippen LogP contribution in [0.2, 0.25) is 0 Å². The number of aromatic nitrogens is 1. The number of fused-ring (bicyclic) bond motifs is 1. The molecule has 4 nitrogen and oxygen atoms in total. The van der Waals surface area contributed by atoms with Crippen LogP contribution in [0.4, 0.5) is 5.82 Å². The van der Waals surface area contributed by atoms with Crippen LogP contribution >= 0.6 is 0 Å². The fourth-order valence-corrected chi connectivity index (χ4v) is 2.49. The van der Waals surface area contributed by atoms with Crippen LogP contribution in [0, 0.1) is 0 Å². The van der Waals surface area contributed by atoms with Gasteiger partial charge in [0.15, 0.2) is 0 Å². The van der Waals surface area contributed by atoms with Crippen LogP contribution in [0.1, 0.15) is 41.3 Å². The van der Waals surface area contributed by atoms with Gasteiger partial charge in [-0.1, -0.05) is 26.0 Å². The zero-order valence-corrected chi connectivity index (χ0v) is 12.5. The molecule has 0 bridgehead atoms. The van der Waals surface area contributed by atoms with Crippen molar-refractivity contribution in [3.05, 3.63) is 53.2 Å². The van der Waals surface area contributed by atoms with Crippen molar-refractivity contribution in [2.24, 2.45) is 0 Å². The fourth-order valence-electron chi connectivity index (χ4n) is 2.49. The molecule has 1 aromatic heterocycles. The molecule has 1 aromatic carbocycles. The molecule has 2 aromatic rings. The molecule has 2 heterocycles. The first kappa shape index (κ1) is 13.6. The maximum atomic E-state index is 12.5. The van der Waals surface area contributed by atoms with E-state index in [1.54, 1.807) is 18.1 Å². The molecule has 0 saturated heterocycles. The number of carbonyl (C=O) groups excluding carboxylic acids is 1. The van der Waals surface area contributed by atoms with Crippen LogP contribution in [0.25, 0.3) is 0 Å². The van der Waals surface area contributed by atoms with Gasteiger partial charge < -0.3 is 4.74 Å². The molecule has 1 amide bonds. The van der Waals surface area contributed by atoms with Gasteiger partial charge in [-0.25, -0.2) is 4.98 Å². The van der Waals surface area contributed by atoms with Gasteiger partial charge in [-0.3, -0.25) is 9.69 Å². The summed E-state index contributed by atoms with van der Waals surface area (Å²) in [7, 11) is 1.60. The maximum absolute atomic E-state index is 12.5. The first-order valence-corrected chi connectivity index (χ1v) is 7.05. The number of nitrogens with zero attached hydrogens (tertiary/aromatic N) is 2. The van der Waals surface area contributed by atoms with Crippen LogP contribution in [0.5, 0.6) is 5.75 Å². The molecule has 0 N–H and O–H groups in total. The van der Waals surface area contributed by atoms with E-state index in [-0.39, 0.29) is 5.91 Å². The fraction of sp³-hybridized carbons (Fsp3) is 0.294. The highest BCUT2D eigenvalue weighted by molar-refractivity contribution is 6.09. The molecule has 0 unspecified atom stereocenters. The molecule has 1 aliphatic rings. The van der Waals surface area contributed by atoms with Crippen molar-refractivity contribution in [2.75, 3.05) is 12.0 Å². The molecule has 0 atom stereocenters. The highest BCUT2D eigenvalue weighted by Crippen LogP contribution is 2.30. The van der Waals surface area contributed by atoms with Crippen LogP contribution in [0.3, 0.4) is 0 Å². The highest BCUT2D eigenvalue weighted by atomic mass is 16.5. The van der Waals surface area contributed by atoms with Crippen LogP contribution in [0.15, 0.2) is 36.5 Å². The van der Waals surface area contributed by atoms with E-state index in [1.165, 1.54) is 5.56 Å². The van der Waals surface area contributed by atoms with Gasteiger partial charge in [-0.2, -0.15) is 0 Å². The van der Waals surface area contributed by atoms with E-state index in [1.807, 2.05) is 30.5 Å². The summed E-state index contributed by atoms with van der Waals surface area (Å²) in [6.45, 7) is 4.81. The summed E-state index contributed by atoms with van der Waals surface area (Å²) >= 11 is 0. The second-order valence-corrected chi connectivity index (χ2v) is 5.52. The molecular weight excluding hydrogens is 264 g/mol. The summed E-state index contributed by atoms with van der Waals surface area (Å²) in [5.41, 5.74) is 2.88. The Morgan fingerprint density at radius 3 is 2.67 bits per heavy atom. The predicted molar refractivity (Wildman–Crippen MR) is 81.8 cm³/mol. The Balaban J connectivity index is 1.90. The van der Waals surface area contributed by atoms with Gasteiger partial charge in [0.1, 0.15) is 11.6 Å². The van der Waals surface area contributed by atoms with Gasteiger partial charge in [0, 0.05) is 11.8 Å². The van der Waals surface area contributed by atoms with Crippen molar-refractivity contribution in [1.29, 1.82) is 0 Å². The highest BCUT2D eigenvalue weighted by Gasteiger charge is 2.29. The van der Waals surface area contributed by atoms with E-state index in [9.17, 15) is 4.79 Å². The van der Waals surface area contributed by atoms with Crippen LogP contribution < -0.4 is 9.64 Å². The third-order valence-corrected chi connectivity index (χ3v) is 3.84. The van der Waals surface area contributed by atoms with Crippen molar-refractivity contribution in [3.8, 4) is 5.75 Å². The Morgan fingerprint density at radius 1 is 1.24 bits per heavy atom. The molecule has 0 radical (unpaired) electrons. The lowest BCUT2D eigenvalue weighted by Gasteiger charge is -2.15. The summed E-state index contributed by atoms with van der Waals surface area (Å²) in [5.74, 6) is 1.81. The number of rotatable bonds is 3. The average Bonchev–Trinajstić information content (AvgIpc) is 2.84. The number of anilines is 1. The molecule has 0 spiro atoms. The molecule has 21 heavy (non-hydrogen) atoms. The van der Waals surface area contributed by atoms with Crippen molar-refractivity contribution in [2.45, 2.75) is 26.3 Å². The maximum Gasteiger partial charge on any atom is 0.260 e. The van der Waals surface area contributed by atoms with Crippen molar-refractivity contribution in [1.82, 2.24) is 4.98 Å². The van der Waals surface area contributed by atoms with Crippen LogP contribution in [-0.2, 0) is 6.54 Å². The molecule has 0 saturated carbocycles. The minimum Gasteiger partial charge on any atom is -0.497 e. The zero-order chi connectivity index (χ0) is 15.0. The number of ether oxygens (including phenoxy) is 1. The summed E-state index contributed by atoms with van der Waals surface area (Å²) < 4.78 is 5.18. The Morgan fingerprint density at radius 2 is 2.05 bits per heavy atom. The first-order valence-electron chi connectivity index (χ1n) is 7.05. The number of pyridine rings is 1. The molecule has 1 aliphatic heterocycles. The Bertz CT molecular complexity index is 678. The molecular formula is C17H18N2O2. The molecule has 4 heteroatoms. The number of hydrogen-bond donors (Lipinski definition) is 0. The first-order chi connectivity index (χ1) is 10.1. The van der Waals surface area contributed by atoms with E-state index in [0.717, 1.165) is 5.56 Å².